The number of benzene rings is 2. The molecule has 1 aliphatic rings. The first kappa shape index (κ1) is 15.7. The Balaban J connectivity index is 1.86. The molecular formula is C17H16FNO3S. The van der Waals surface area contributed by atoms with E-state index in [1.165, 1.54) is 11.0 Å². The van der Waals surface area contributed by atoms with E-state index in [9.17, 15) is 17.6 Å². The van der Waals surface area contributed by atoms with Gasteiger partial charge in [0.2, 0.25) is 0 Å². The Morgan fingerprint density at radius 2 is 1.70 bits per heavy atom. The molecule has 6 heteroatoms. The van der Waals surface area contributed by atoms with Crippen LogP contribution in [0.4, 0.5) is 4.39 Å². The van der Waals surface area contributed by atoms with Crippen molar-refractivity contribution in [1.29, 1.82) is 0 Å². The molecule has 1 amide bonds. The fraction of sp³-hybridized carbons (Fsp3) is 0.235. The Bertz CT molecular complexity index is 834. The van der Waals surface area contributed by atoms with Crippen LogP contribution in [-0.4, -0.2) is 43.8 Å². The Labute approximate surface area is 134 Å². The van der Waals surface area contributed by atoms with Crippen LogP contribution in [0.2, 0.25) is 0 Å². The molecule has 3 rings (SSSR count). The van der Waals surface area contributed by atoms with E-state index in [2.05, 4.69) is 0 Å². The van der Waals surface area contributed by atoms with Crippen molar-refractivity contribution in [3.05, 3.63) is 59.9 Å². The van der Waals surface area contributed by atoms with Gasteiger partial charge < -0.3 is 4.90 Å². The Kier molecular flexibility index (Phi) is 4.17. The zero-order valence-electron chi connectivity index (χ0n) is 12.4. The van der Waals surface area contributed by atoms with Crippen molar-refractivity contribution < 1.29 is 17.6 Å². The second-order valence-electron chi connectivity index (χ2n) is 5.50. The molecule has 120 valence electrons. The average molecular weight is 333 g/mol. The maximum Gasteiger partial charge on any atom is 0.253 e. The van der Waals surface area contributed by atoms with E-state index in [1.54, 1.807) is 42.5 Å². The van der Waals surface area contributed by atoms with Crippen LogP contribution < -0.4 is 0 Å². The highest BCUT2D eigenvalue weighted by Gasteiger charge is 2.25. The maximum atomic E-state index is 13.9. The van der Waals surface area contributed by atoms with Crippen molar-refractivity contribution in [3.8, 4) is 11.1 Å². The fourth-order valence-electron chi connectivity index (χ4n) is 2.61. The van der Waals surface area contributed by atoms with Crippen LogP contribution in [0.15, 0.2) is 48.5 Å². The summed E-state index contributed by atoms with van der Waals surface area (Å²) < 4.78 is 36.8. The normalized spacial score (nSPS) is 17.0. The van der Waals surface area contributed by atoms with Crippen LogP contribution in [-0.2, 0) is 9.84 Å². The van der Waals surface area contributed by atoms with E-state index < -0.39 is 9.84 Å². The van der Waals surface area contributed by atoms with Gasteiger partial charge in [0.25, 0.3) is 5.91 Å². The Hall–Kier alpha value is -2.21. The molecule has 1 fully saturated rings. The van der Waals surface area contributed by atoms with Gasteiger partial charge in [-0.2, -0.15) is 0 Å². The minimum atomic E-state index is -3.03. The second kappa shape index (κ2) is 6.12. The number of amides is 1. The van der Waals surface area contributed by atoms with Crippen LogP contribution in [0.5, 0.6) is 0 Å². The number of rotatable bonds is 2. The first-order valence-corrected chi connectivity index (χ1v) is 9.13. The molecule has 0 N–H and O–H groups in total. The molecule has 0 saturated carbocycles. The summed E-state index contributed by atoms with van der Waals surface area (Å²) in [5.74, 6) is -0.587. The lowest BCUT2D eigenvalue weighted by atomic mass is 10.0. The molecule has 1 heterocycles. The van der Waals surface area contributed by atoms with Crippen LogP contribution in [0, 0.1) is 5.82 Å². The summed E-state index contributed by atoms with van der Waals surface area (Å²) in [6, 6.07) is 13.1. The highest BCUT2D eigenvalue weighted by molar-refractivity contribution is 7.91. The molecule has 4 nitrogen and oxygen atoms in total. The van der Waals surface area contributed by atoms with Crippen LogP contribution in [0.3, 0.4) is 0 Å². The van der Waals surface area contributed by atoms with Gasteiger partial charge in [0.05, 0.1) is 11.5 Å². The maximum absolute atomic E-state index is 13.9. The quantitative estimate of drug-likeness (QED) is 0.848. The molecule has 0 aliphatic carbocycles. The molecular weight excluding hydrogens is 317 g/mol. The van der Waals surface area contributed by atoms with Gasteiger partial charge in [-0.3, -0.25) is 4.79 Å². The third-order valence-corrected chi connectivity index (χ3v) is 5.54. The van der Waals surface area contributed by atoms with Gasteiger partial charge in [0, 0.05) is 24.2 Å². The van der Waals surface area contributed by atoms with Crippen molar-refractivity contribution in [2.75, 3.05) is 24.6 Å². The predicted molar refractivity (Wildman–Crippen MR) is 86.4 cm³/mol. The van der Waals surface area contributed by atoms with Crippen molar-refractivity contribution in [2.45, 2.75) is 0 Å². The predicted octanol–water partition coefficient (Wildman–Crippen LogP) is 2.36. The van der Waals surface area contributed by atoms with E-state index in [1.807, 2.05) is 0 Å². The van der Waals surface area contributed by atoms with Gasteiger partial charge >= 0.3 is 0 Å². The van der Waals surface area contributed by atoms with Gasteiger partial charge in [-0.15, -0.1) is 0 Å². The SMILES string of the molecule is O=C(c1cccc(-c2ccccc2F)c1)N1CCS(=O)(=O)CC1. The highest BCUT2D eigenvalue weighted by atomic mass is 32.2. The second-order valence-corrected chi connectivity index (χ2v) is 7.81. The standard InChI is InChI=1S/C17H16FNO3S/c18-16-7-2-1-6-15(16)13-4-3-5-14(12-13)17(20)19-8-10-23(21,22)11-9-19/h1-7,12H,8-11H2. The first-order chi connectivity index (χ1) is 11.0. The van der Waals surface area contributed by atoms with Crippen LogP contribution in [0.1, 0.15) is 10.4 Å². The summed E-state index contributed by atoms with van der Waals surface area (Å²) >= 11 is 0. The minimum Gasteiger partial charge on any atom is -0.337 e. The smallest absolute Gasteiger partial charge is 0.253 e. The molecule has 0 unspecified atom stereocenters. The number of sulfone groups is 1. The number of nitrogens with zero attached hydrogens (tertiary/aromatic N) is 1. The highest BCUT2D eigenvalue weighted by Crippen LogP contribution is 2.24. The molecule has 23 heavy (non-hydrogen) atoms. The number of hydrogen-bond donors (Lipinski definition) is 0. The molecule has 0 atom stereocenters. The molecule has 0 radical (unpaired) electrons. The molecule has 0 aromatic heterocycles. The number of halogens is 1. The summed E-state index contributed by atoms with van der Waals surface area (Å²) in [6.07, 6.45) is 0. The largest absolute Gasteiger partial charge is 0.337 e. The van der Waals surface area contributed by atoms with Gasteiger partial charge in [-0.25, -0.2) is 12.8 Å². The van der Waals surface area contributed by atoms with Crippen LogP contribution >= 0.6 is 0 Å². The number of hydrogen-bond acceptors (Lipinski definition) is 3. The summed E-state index contributed by atoms with van der Waals surface area (Å²) in [5, 5.41) is 0. The van der Waals surface area contributed by atoms with Crippen molar-refractivity contribution in [3.63, 3.8) is 0 Å². The molecule has 2 aromatic carbocycles. The van der Waals surface area contributed by atoms with E-state index >= 15 is 0 Å². The molecule has 0 spiro atoms. The van der Waals surface area contributed by atoms with E-state index in [4.69, 9.17) is 0 Å². The molecule has 1 aliphatic heterocycles. The minimum absolute atomic E-state index is 0.00819. The lowest BCUT2D eigenvalue weighted by Crippen LogP contribution is -2.43. The summed E-state index contributed by atoms with van der Waals surface area (Å²) in [4.78, 5) is 14.0. The first-order valence-electron chi connectivity index (χ1n) is 7.31. The van der Waals surface area contributed by atoms with Gasteiger partial charge in [-0.05, 0) is 23.8 Å². The molecule has 1 saturated heterocycles. The Morgan fingerprint density at radius 1 is 1.00 bits per heavy atom. The van der Waals surface area contributed by atoms with E-state index in [0.717, 1.165) is 0 Å². The van der Waals surface area contributed by atoms with Crippen molar-refractivity contribution >= 4 is 15.7 Å². The lowest BCUT2D eigenvalue weighted by molar-refractivity contribution is 0.0770. The number of carbonyl (C=O) groups excluding carboxylic acids is 1. The summed E-state index contributed by atoms with van der Waals surface area (Å²) in [5.41, 5.74) is 1.49. The summed E-state index contributed by atoms with van der Waals surface area (Å²) in [6.45, 7) is 0.399. The monoisotopic (exact) mass is 333 g/mol. The van der Waals surface area contributed by atoms with Crippen molar-refractivity contribution in [1.82, 2.24) is 4.90 Å². The van der Waals surface area contributed by atoms with E-state index in [-0.39, 0.29) is 36.3 Å². The van der Waals surface area contributed by atoms with Gasteiger partial charge in [0.15, 0.2) is 9.84 Å². The van der Waals surface area contributed by atoms with Crippen LogP contribution in [0.25, 0.3) is 11.1 Å². The zero-order chi connectivity index (χ0) is 16.4. The van der Waals surface area contributed by atoms with Gasteiger partial charge in [-0.1, -0.05) is 30.3 Å². The van der Waals surface area contributed by atoms with E-state index in [0.29, 0.717) is 16.7 Å². The third kappa shape index (κ3) is 3.42. The fourth-order valence-corrected chi connectivity index (χ4v) is 3.81. The molecule has 2 aromatic rings. The summed E-state index contributed by atoms with van der Waals surface area (Å²) in [7, 11) is -3.03. The van der Waals surface area contributed by atoms with Crippen molar-refractivity contribution in [2.24, 2.45) is 0 Å². The Morgan fingerprint density at radius 3 is 2.39 bits per heavy atom. The molecule has 0 bridgehead atoms. The third-order valence-electron chi connectivity index (χ3n) is 3.93. The number of carbonyl (C=O) groups is 1. The topological polar surface area (TPSA) is 54.5 Å². The zero-order valence-corrected chi connectivity index (χ0v) is 13.2. The van der Waals surface area contributed by atoms with Gasteiger partial charge in [0.1, 0.15) is 5.82 Å². The lowest BCUT2D eigenvalue weighted by Gasteiger charge is -2.26. The average Bonchev–Trinajstić information content (AvgIpc) is 2.55.